The molecule has 0 bridgehead atoms. The van der Waals surface area contributed by atoms with Crippen LogP contribution >= 0.6 is 11.3 Å². The average molecular weight is 241 g/mol. The Balaban J connectivity index is 2.10. The maximum Gasteiger partial charge on any atom is 0.355 e. The van der Waals surface area contributed by atoms with Crippen LogP contribution in [0, 0.1) is 6.92 Å². The molecule has 0 spiro atoms. The highest BCUT2D eigenvalue weighted by Gasteiger charge is 2.19. The lowest BCUT2D eigenvalue weighted by Gasteiger charge is -2.26. The van der Waals surface area contributed by atoms with Crippen molar-refractivity contribution < 1.29 is 9.90 Å². The van der Waals surface area contributed by atoms with Crippen LogP contribution in [-0.2, 0) is 6.54 Å². The van der Waals surface area contributed by atoms with E-state index in [1.807, 2.05) is 6.92 Å². The van der Waals surface area contributed by atoms with Gasteiger partial charge in [0, 0.05) is 32.7 Å². The Hall–Kier alpha value is -0.980. The van der Waals surface area contributed by atoms with Gasteiger partial charge in [-0.1, -0.05) is 0 Å². The van der Waals surface area contributed by atoms with Gasteiger partial charge in [0.25, 0.3) is 0 Å². The van der Waals surface area contributed by atoms with E-state index >= 15 is 0 Å². The van der Waals surface area contributed by atoms with Gasteiger partial charge in [0.05, 0.1) is 9.88 Å². The van der Waals surface area contributed by atoms with Crippen LogP contribution in [0.2, 0.25) is 0 Å². The van der Waals surface area contributed by atoms with Crippen molar-refractivity contribution in [3.8, 4) is 0 Å². The largest absolute Gasteiger partial charge is 0.476 e. The number of aromatic nitrogens is 1. The maximum absolute atomic E-state index is 11.0. The zero-order valence-electron chi connectivity index (χ0n) is 9.19. The Morgan fingerprint density at radius 3 is 2.88 bits per heavy atom. The van der Waals surface area contributed by atoms with E-state index in [4.69, 9.17) is 5.11 Å². The van der Waals surface area contributed by atoms with E-state index in [1.165, 1.54) is 11.3 Å². The number of carbonyl (C=O) groups is 1. The number of nitrogens with zero attached hydrogens (tertiary/aromatic N) is 2. The molecule has 1 saturated heterocycles. The molecule has 0 aliphatic carbocycles. The van der Waals surface area contributed by atoms with E-state index in [9.17, 15) is 4.79 Å². The number of thiazole rings is 1. The number of carboxylic acids is 1. The number of aryl methyl sites for hydroxylation is 1. The van der Waals surface area contributed by atoms with Crippen LogP contribution in [0.25, 0.3) is 0 Å². The normalized spacial score (nSPS) is 17.6. The predicted octanol–water partition coefficient (Wildman–Crippen LogP) is 0.555. The Morgan fingerprint density at radius 1 is 1.56 bits per heavy atom. The lowest BCUT2D eigenvalue weighted by atomic mass is 10.3. The third-order valence-corrected chi connectivity index (χ3v) is 3.54. The third-order valence-electron chi connectivity index (χ3n) is 2.58. The Morgan fingerprint density at radius 2 is 2.25 bits per heavy atom. The van der Waals surface area contributed by atoms with Crippen LogP contribution in [0.15, 0.2) is 0 Å². The standard InChI is InChI=1S/C10H15N3O2S/c1-7-12-9(10(14)15)8(16-7)6-13-4-2-11-3-5-13/h11H,2-6H2,1H3,(H,14,15). The van der Waals surface area contributed by atoms with Crippen LogP contribution in [0.3, 0.4) is 0 Å². The summed E-state index contributed by atoms with van der Waals surface area (Å²) in [7, 11) is 0. The van der Waals surface area contributed by atoms with E-state index < -0.39 is 5.97 Å². The van der Waals surface area contributed by atoms with Crippen molar-refractivity contribution in [3.05, 3.63) is 15.6 Å². The molecule has 1 aliphatic heterocycles. The van der Waals surface area contributed by atoms with Gasteiger partial charge in [0.15, 0.2) is 5.69 Å². The summed E-state index contributed by atoms with van der Waals surface area (Å²) in [5.74, 6) is -0.922. The van der Waals surface area contributed by atoms with E-state index in [1.54, 1.807) is 0 Å². The molecule has 0 unspecified atom stereocenters. The van der Waals surface area contributed by atoms with Crippen LogP contribution in [0.4, 0.5) is 0 Å². The number of aromatic carboxylic acids is 1. The first-order valence-corrected chi connectivity index (χ1v) is 6.11. The molecule has 1 fully saturated rings. The Kier molecular flexibility index (Phi) is 3.52. The quantitative estimate of drug-likeness (QED) is 0.809. The molecular formula is C10H15N3O2S. The van der Waals surface area contributed by atoms with E-state index in [-0.39, 0.29) is 5.69 Å². The van der Waals surface area contributed by atoms with Crippen molar-refractivity contribution in [2.75, 3.05) is 26.2 Å². The summed E-state index contributed by atoms with van der Waals surface area (Å²) in [5.41, 5.74) is 0.223. The fraction of sp³-hybridized carbons (Fsp3) is 0.600. The predicted molar refractivity (Wildman–Crippen MR) is 62.0 cm³/mol. The zero-order valence-corrected chi connectivity index (χ0v) is 10.0. The molecule has 0 amide bonds. The first-order chi connectivity index (χ1) is 7.66. The second kappa shape index (κ2) is 4.90. The SMILES string of the molecule is Cc1nc(C(=O)O)c(CN2CCNCC2)s1. The summed E-state index contributed by atoms with van der Waals surface area (Å²) in [6.45, 7) is 6.43. The van der Waals surface area contributed by atoms with Crippen molar-refractivity contribution in [2.24, 2.45) is 0 Å². The van der Waals surface area contributed by atoms with Gasteiger partial charge in [-0.05, 0) is 6.92 Å². The second-order valence-electron chi connectivity index (χ2n) is 3.84. The van der Waals surface area contributed by atoms with Crippen LogP contribution in [0.5, 0.6) is 0 Å². The summed E-state index contributed by atoms with van der Waals surface area (Å²) in [5, 5.41) is 13.1. The van der Waals surface area contributed by atoms with Gasteiger partial charge in [-0.3, -0.25) is 4.90 Å². The van der Waals surface area contributed by atoms with Crippen LogP contribution in [-0.4, -0.2) is 47.1 Å². The van der Waals surface area contributed by atoms with Crippen LogP contribution < -0.4 is 5.32 Å². The molecule has 1 aromatic rings. The van der Waals surface area contributed by atoms with Crippen molar-refractivity contribution in [1.29, 1.82) is 0 Å². The number of piperazine rings is 1. The molecule has 5 nitrogen and oxygen atoms in total. The molecule has 0 atom stereocenters. The van der Waals surface area contributed by atoms with Crippen molar-refractivity contribution in [1.82, 2.24) is 15.2 Å². The average Bonchev–Trinajstić information content (AvgIpc) is 2.61. The summed E-state index contributed by atoms with van der Waals surface area (Å²) in [6, 6.07) is 0. The summed E-state index contributed by atoms with van der Waals surface area (Å²) in [4.78, 5) is 18.2. The van der Waals surface area contributed by atoms with Gasteiger partial charge >= 0.3 is 5.97 Å². The molecule has 0 radical (unpaired) electrons. The van der Waals surface area contributed by atoms with Crippen molar-refractivity contribution >= 4 is 17.3 Å². The lowest BCUT2D eigenvalue weighted by molar-refractivity contribution is 0.0688. The van der Waals surface area contributed by atoms with Crippen molar-refractivity contribution in [2.45, 2.75) is 13.5 Å². The first kappa shape index (κ1) is 11.5. The van der Waals surface area contributed by atoms with Gasteiger partial charge in [-0.15, -0.1) is 11.3 Å². The minimum atomic E-state index is -0.922. The number of hydrogen-bond acceptors (Lipinski definition) is 5. The smallest absolute Gasteiger partial charge is 0.355 e. The Bertz CT molecular complexity index is 385. The monoisotopic (exact) mass is 241 g/mol. The molecule has 2 N–H and O–H groups in total. The topological polar surface area (TPSA) is 65.5 Å². The van der Waals surface area contributed by atoms with Gasteiger partial charge < -0.3 is 10.4 Å². The third kappa shape index (κ3) is 2.58. The molecule has 0 saturated carbocycles. The highest BCUT2D eigenvalue weighted by Crippen LogP contribution is 2.20. The highest BCUT2D eigenvalue weighted by atomic mass is 32.1. The van der Waals surface area contributed by atoms with E-state index in [2.05, 4.69) is 15.2 Å². The van der Waals surface area contributed by atoms with Gasteiger partial charge in [0.2, 0.25) is 0 Å². The molecular weight excluding hydrogens is 226 g/mol. The highest BCUT2D eigenvalue weighted by molar-refractivity contribution is 7.11. The molecule has 16 heavy (non-hydrogen) atoms. The number of rotatable bonds is 3. The molecule has 1 aliphatic rings. The zero-order chi connectivity index (χ0) is 11.5. The summed E-state index contributed by atoms with van der Waals surface area (Å²) >= 11 is 1.48. The molecule has 6 heteroatoms. The molecule has 2 heterocycles. The number of carboxylic acid groups (broad SMARTS) is 1. The molecule has 88 valence electrons. The second-order valence-corrected chi connectivity index (χ2v) is 5.12. The molecule has 2 rings (SSSR count). The van der Waals surface area contributed by atoms with Gasteiger partial charge in [0.1, 0.15) is 0 Å². The fourth-order valence-electron chi connectivity index (χ4n) is 1.82. The number of nitrogens with one attached hydrogen (secondary N) is 1. The minimum Gasteiger partial charge on any atom is -0.476 e. The number of hydrogen-bond donors (Lipinski definition) is 2. The molecule has 0 aromatic carbocycles. The van der Waals surface area contributed by atoms with E-state index in [0.717, 1.165) is 36.1 Å². The van der Waals surface area contributed by atoms with Gasteiger partial charge in [-0.2, -0.15) is 0 Å². The fourth-order valence-corrected chi connectivity index (χ4v) is 2.79. The maximum atomic E-state index is 11.0. The van der Waals surface area contributed by atoms with Crippen molar-refractivity contribution in [3.63, 3.8) is 0 Å². The lowest BCUT2D eigenvalue weighted by Crippen LogP contribution is -2.42. The molecule has 1 aromatic heterocycles. The van der Waals surface area contributed by atoms with E-state index in [0.29, 0.717) is 6.54 Å². The minimum absolute atomic E-state index is 0.223. The summed E-state index contributed by atoms with van der Waals surface area (Å²) < 4.78 is 0. The Labute approximate surface area is 98.1 Å². The van der Waals surface area contributed by atoms with Crippen LogP contribution in [0.1, 0.15) is 20.4 Å². The summed E-state index contributed by atoms with van der Waals surface area (Å²) in [6.07, 6.45) is 0. The van der Waals surface area contributed by atoms with Gasteiger partial charge in [-0.25, -0.2) is 9.78 Å². The first-order valence-electron chi connectivity index (χ1n) is 5.29.